The highest BCUT2D eigenvalue weighted by Crippen LogP contribution is 2.39. The first-order chi connectivity index (χ1) is 11.5. The molecule has 136 valence electrons. The molecule has 7 nitrogen and oxygen atoms in total. The first kappa shape index (κ1) is 17.8. The molecule has 2 atom stereocenters. The third-order valence-corrected chi connectivity index (χ3v) is 5.17. The van der Waals surface area contributed by atoms with E-state index in [4.69, 9.17) is 14.0 Å². The number of rotatable bonds is 5. The fourth-order valence-electron chi connectivity index (χ4n) is 3.78. The van der Waals surface area contributed by atoms with Crippen molar-refractivity contribution in [3.63, 3.8) is 0 Å². The minimum absolute atomic E-state index is 0.160. The van der Waals surface area contributed by atoms with Gasteiger partial charge < -0.3 is 19.1 Å². The molecule has 1 aromatic heterocycles. The molecule has 0 amide bonds. The third-order valence-electron chi connectivity index (χ3n) is 5.17. The lowest BCUT2D eigenvalue weighted by Gasteiger charge is -2.48. The zero-order valence-corrected chi connectivity index (χ0v) is 14.9. The van der Waals surface area contributed by atoms with Crippen molar-refractivity contribution < 1.29 is 19.1 Å². The van der Waals surface area contributed by atoms with E-state index in [9.17, 15) is 5.11 Å². The van der Waals surface area contributed by atoms with E-state index < -0.39 is 0 Å². The molecule has 24 heavy (non-hydrogen) atoms. The maximum absolute atomic E-state index is 10.3. The van der Waals surface area contributed by atoms with Gasteiger partial charge in [-0.3, -0.25) is 4.90 Å². The van der Waals surface area contributed by atoms with Gasteiger partial charge in [0.25, 0.3) is 0 Å². The van der Waals surface area contributed by atoms with E-state index in [-0.39, 0.29) is 17.8 Å². The molecule has 2 fully saturated rings. The van der Waals surface area contributed by atoms with Crippen LogP contribution >= 0.6 is 0 Å². The van der Waals surface area contributed by atoms with E-state index in [0.29, 0.717) is 30.8 Å². The number of nitrogens with zero attached hydrogens (tertiary/aromatic N) is 3. The van der Waals surface area contributed by atoms with Gasteiger partial charge in [-0.1, -0.05) is 19.0 Å². The molecule has 0 saturated carbocycles. The minimum Gasteiger partial charge on any atom is -0.393 e. The number of likely N-dealkylation sites (tertiary alicyclic amines) is 1. The Labute approximate surface area is 143 Å². The van der Waals surface area contributed by atoms with Crippen molar-refractivity contribution in [3.8, 4) is 0 Å². The van der Waals surface area contributed by atoms with E-state index in [0.717, 1.165) is 38.8 Å². The Morgan fingerprint density at radius 3 is 2.79 bits per heavy atom. The smallest absolute Gasteiger partial charge is 0.240 e. The van der Waals surface area contributed by atoms with Crippen LogP contribution in [0.2, 0.25) is 0 Å². The molecular weight excluding hydrogens is 310 g/mol. The summed E-state index contributed by atoms with van der Waals surface area (Å²) in [6.45, 7) is 7.19. The van der Waals surface area contributed by atoms with Crippen molar-refractivity contribution in [2.24, 2.45) is 5.92 Å². The van der Waals surface area contributed by atoms with E-state index >= 15 is 0 Å². The number of methoxy groups -OCH3 is 1. The fraction of sp³-hybridized carbons (Fsp3) is 0.882. The summed E-state index contributed by atoms with van der Waals surface area (Å²) >= 11 is 0. The van der Waals surface area contributed by atoms with Crippen molar-refractivity contribution in [1.82, 2.24) is 15.0 Å². The van der Waals surface area contributed by atoms with Crippen LogP contribution in [0.25, 0.3) is 0 Å². The molecule has 1 N–H and O–H groups in total. The lowest BCUT2D eigenvalue weighted by atomic mass is 9.80. The highest BCUT2D eigenvalue weighted by Gasteiger charge is 2.44. The number of hydrogen-bond donors (Lipinski definition) is 1. The van der Waals surface area contributed by atoms with E-state index in [2.05, 4.69) is 28.9 Å². The number of aliphatic hydroxyl groups excluding tert-OH is 1. The largest absolute Gasteiger partial charge is 0.393 e. The van der Waals surface area contributed by atoms with Gasteiger partial charge in [0.1, 0.15) is 6.61 Å². The molecule has 1 spiro atoms. The number of aliphatic hydroxyl groups is 1. The molecule has 2 aliphatic heterocycles. The van der Waals surface area contributed by atoms with Gasteiger partial charge in [-0.25, -0.2) is 0 Å². The normalized spacial score (nSPS) is 27.9. The Bertz CT molecular complexity index is 526. The zero-order chi connectivity index (χ0) is 17.2. The summed E-state index contributed by atoms with van der Waals surface area (Å²) in [6.07, 6.45) is 3.30. The van der Waals surface area contributed by atoms with Crippen molar-refractivity contribution >= 4 is 0 Å². The molecule has 0 unspecified atom stereocenters. The lowest BCUT2D eigenvalue weighted by molar-refractivity contribution is -0.193. The molecule has 0 aromatic carbocycles. The standard InChI is InChI=1S/C17H29N3O4/c1-12(2)14-8-13(21)9-17(23-14)4-6-20(7-5-17)10-16-18-15(11-22-3)19-24-16/h12-14,21H,4-11H2,1-3H3/t13-,14-/m1/s1. The molecule has 2 aliphatic rings. The molecule has 3 rings (SSSR count). The molecule has 0 radical (unpaired) electrons. The fourth-order valence-corrected chi connectivity index (χ4v) is 3.78. The monoisotopic (exact) mass is 339 g/mol. The van der Waals surface area contributed by atoms with Crippen LogP contribution < -0.4 is 0 Å². The molecule has 7 heteroatoms. The Kier molecular flexibility index (Phi) is 5.54. The van der Waals surface area contributed by atoms with Gasteiger partial charge in [0, 0.05) is 26.6 Å². The summed E-state index contributed by atoms with van der Waals surface area (Å²) < 4.78 is 16.7. The Morgan fingerprint density at radius 1 is 1.38 bits per heavy atom. The third kappa shape index (κ3) is 4.14. The number of piperidine rings is 1. The Morgan fingerprint density at radius 2 is 2.12 bits per heavy atom. The van der Waals surface area contributed by atoms with Crippen LogP contribution in [-0.4, -0.2) is 58.2 Å². The first-order valence-corrected chi connectivity index (χ1v) is 8.88. The number of hydrogen-bond acceptors (Lipinski definition) is 7. The predicted octanol–water partition coefficient (Wildman–Crippen LogP) is 1.75. The number of ether oxygens (including phenoxy) is 2. The second-order valence-electron chi connectivity index (χ2n) is 7.49. The lowest BCUT2D eigenvalue weighted by Crippen LogP contribution is -2.53. The Balaban J connectivity index is 1.54. The van der Waals surface area contributed by atoms with Gasteiger partial charge in [0.15, 0.2) is 5.82 Å². The average molecular weight is 339 g/mol. The van der Waals surface area contributed by atoms with E-state index in [1.807, 2.05) is 0 Å². The average Bonchev–Trinajstić information content (AvgIpc) is 2.97. The van der Waals surface area contributed by atoms with Crippen molar-refractivity contribution in [2.45, 2.75) is 70.5 Å². The first-order valence-electron chi connectivity index (χ1n) is 8.88. The number of aromatic nitrogens is 2. The van der Waals surface area contributed by atoms with Gasteiger partial charge in [0.05, 0.1) is 24.4 Å². The molecule has 2 saturated heterocycles. The van der Waals surface area contributed by atoms with Crippen LogP contribution in [0.15, 0.2) is 4.52 Å². The molecule has 0 bridgehead atoms. The van der Waals surface area contributed by atoms with Gasteiger partial charge in [-0.05, 0) is 25.2 Å². The van der Waals surface area contributed by atoms with Crippen LogP contribution in [-0.2, 0) is 22.6 Å². The quantitative estimate of drug-likeness (QED) is 0.875. The summed E-state index contributed by atoms with van der Waals surface area (Å²) in [5.41, 5.74) is -0.168. The zero-order valence-electron chi connectivity index (χ0n) is 14.9. The van der Waals surface area contributed by atoms with Crippen molar-refractivity contribution in [3.05, 3.63) is 11.7 Å². The second kappa shape index (κ2) is 7.47. The topological polar surface area (TPSA) is 80.9 Å². The Hall–Kier alpha value is -1.02. The second-order valence-corrected chi connectivity index (χ2v) is 7.49. The van der Waals surface area contributed by atoms with Gasteiger partial charge >= 0.3 is 0 Å². The van der Waals surface area contributed by atoms with Gasteiger partial charge in [-0.2, -0.15) is 4.98 Å². The molecule has 3 heterocycles. The molecule has 1 aromatic rings. The molecular formula is C17H29N3O4. The van der Waals surface area contributed by atoms with Crippen LogP contribution in [0.5, 0.6) is 0 Å². The SMILES string of the molecule is COCc1noc(CN2CCC3(CC2)C[C@H](O)C[C@H](C(C)C)O3)n1. The summed E-state index contributed by atoms with van der Waals surface area (Å²) in [6, 6.07) is 0. The maximum Gasteiger partial charge on any atom is 0.240 e. The van der Waals surface area contributed by atoms with Crippen LogP contribution in [0.1, 0.15) is 51.2 Å². The summed E-state index contributed by atoms with van der Waals surface area (Å²) in [5, 5.41) is 14.2. The highest BCUT2D eigenvalue weighted by molar-refractivity contribution is 4.96. The minimum atomic E-state index is -0.245. The molecule has 0 aliphatic carbocycles. The van der Waals surface area contributed by atoms with Crippen LogP contribution in [0.3, 0.4) is 0 Å². The highest BCUT2D eigenvalue weighted by atomic mass is 16.5. The predicted molar refractivity (Wildman–Crippen MR) is 87.2 cm³/mol. The van der Waals surface area contributed by atoms with Crippen molar-refractivity contribution in [2.75, 3.05) is 20.2 Å². The maximum atomic E-state index is 10.3. The van der Waals surface area contributed by atoms with Gasteiger partial charge in [-0.15, -0.1) is 0 Å². The summed E-state index contributed by atoms with van der Waals surface area (Å²) in [4.78, 5) is 6.64. The summed E-state index contributed by atoms with van der Waals surface area (Å²) in [7, 11) is 1.61. The van der Waals surface area contributed by atoms with Crippen LogP contribution in [0, 0.1) is 5.92 Å². The van der Waals surface area contributed by atoms with E-state index in [1.165, 1.54) is 0 Å². The van der Waals surface area contributed by atoms with Crippen molar-refractivity contribution in [1.29, 1.82) is 0 Å². The van der Waals surface area contributed by atoms with Crippen LogP contribution in [0.4, 0.5) is 0 Å². The van der Waals surface area contributed by atoms with E-state index in [1.54, 1.807) is 7.11 Å². The van der Waals surface area contributed by atoms with Gasteiger partial charge in [0.2, 0.25) is 5.89 Å². The summed E-state index contributed by atoms with van der Waals surface area (Å²) in [5.74, 6) is 1.65.